The van der Waals surface area contributed by atoms with Gasteiger partial charge in [-0.1, -0.05) is 0 Å². The molecule has 4 heavy (non-hydrogen) atoms. The molecule has 0 spiro atoms. The van der Waals surface area contributed by atoms with E-state index in [-0.39, 0.29) is 9.31 Å². The maximum atomic E-state index is 5.05. The van der Waals surface area contributed by atoms with Crippen LogP contribution < -0.4 is 0 Å². The summed E-state index contributed by atoms with van der Waals surface area (Å²) in [5.74, 6) is 0. The van der Waals surface area contributed by atoms with Gasteiger partial charge in [-0.05, 0) is 0 Å². The molecule has 0 aliphatic heterocycles. The molecule has 0 rings (SSSR count). The second-order valence-electron chi connectivity index (χ2n) is 0.558. The standard InChI is InChI=1S/CH4BPS/c1-4(2)3/h3H,1H3. The van der Waals surface area contributed by atoms with Crippen LogP contribution in [0.15, 0.2) is 0 Å². The molecule has 3 heteroatoms. The van der Waals surface area contributed by atoms with Crippen molar-refractivity contribution in [3.63, 3.8) is 0 Å². The van der Waals surface area contributed by atoms with Gasteiger partial charge < -0.3 is 0 Å². The maximum absolute atomic E-state index is 5.05. The second kappa shape index (κ2) is 1.86. The van der Waals surface area contributed by atoms with Gasteiger partial charge >= 0.3 is 30.1 Å². The van der Waals surface area contributed by atoms with Gasteiger partial charge in [-0.15, -0.1) is 0 Å². The molecule has 0 fully saturated rings. The van der Waals surface area contributed by atoms with Crippen molar-refractivity contribution >= 4 is 23.9 Å². The van der Waals surface area contributed by atoms with Gasteiger partial charge in [0.05, 0.1) is 0 Å². The zero-order valence-corrected chi connectivity index (χ0v) is 4.30. The van der Waals surface area contributed by atoms with Crippen molar-refractivity contribution in [3.05, 3.63) is 0 Å². The van der Waals surface area contributed by atoms with E-state index in [9.17, 15) is 0 Å². The molecule has 22 valence electrons. The minimum atomic E-state index is -0.0556. The fourth-order valence-corrected chi connectivity index (χ4v) is 0. The van der Waals surface area contributed by atoms with E-state index in [2.05, 4.69) is 8.02 Å². The van der Waals surface area contributed by atoms with Gasteiger partial charge in [-0.3, -0.25) is 0 Å². The molecule has 0 heterocycles. The van der Waals surface area contributed by atoms with E-state index in [1.807, 2.05) is 6.26 Å². The molecule has 0 aromatic rings. The van der Waals surface area contributed by atoms with Crippen LogP contribution in [0.4, 0.5) is 0 Å². The minimum absolute atomic E-state index is 0.0556. The Morgan fingerprint density at radius 2 is 2.00 bits per heavy atom. The van der Waals surface area contributed by atoms with Gasteiger partial charge in [-0.2, -0.15) is 0 Å². The summed E-state index contributed by atoms with van der Waals surface area (Å²) in [5.41, 5.74) is 0. The predicted molar refractivity (Wildman–Crippen MR) is 27.4 cm³/mol. The van der Waals surface area contributed by atoms with Crippen molar-refractivity contribution in [1.29, 1.82) is 0 Å². The van der Waals surface area contributed by atoms with Crippen molar-refractivity contribution in [2.45, 2.75) is 0 Å². The SMILES string of the molecule is B#S(C)=P. The van der Waals surface area contributed by atoms with Crippen LogP contribution in [0.25, 0.3) is 0 Å². The van der Waals surface area contributed by atoms with Gasteiger partial charge in [0.2, 0.25) is 0 Å². The number of rotatable bonds is 0. The summed E-state index contributed by atoms with van der Waals surface area (Å²) in [6.45, 7) is 5.05. The third-order valence-corrected chi connectivity index (χ3v) is 0. The molecule has 0 nitrogen and oxygen atoms in total. The van der Waals surface area contributed by atoms with Crippen molar-refractivity contribution in [2.24, 2.45) is 0 Å². The molecule has 0 saturated heterocycles. The monoisotopic (exact) mass is 90.0 g/mol. The van der Waals surface area contributed by atoms with Gasteiger partial charge in [0.15, 0.2) is 0 Å². The summed E-state index contributed by atoms with van der Waals surface area (Å²) in [5, 5.41) is 0. The van der Waals surface area contributed by atoms with Crippen LogP contribution in [0.3, 0.4) is 0 Å². The molecule has 0 radical (unpaired) electrons. The van der Waals surface area contributed by atoms with Gasteiger partial charge in [0, 0.05) is 0 Å². The first-order valence-electron chi connectivity index (χ1n) is 0.848. The fraction of sp³-hybridized carbons (Fsp3) is 1.00. The summed E-state index contributed by atoms with van der Waals surface area (Å²) in [6, 6.07) is 0. The number of hydrogen-bond donors (Lipinski definition) is 0. The van der Waals surface area contributed by atoms with Crippen molar-refractivity contribution in [3.8, 4) is 0 Å². The Hall–Kier alpha value is 0.585. The third-order valence-electron chi connectivity index (χ3n) is 0. The van der Waals surface area contributed by atoms with Crippen LogP contribution in [0.1, 0.15) is 0 Å². The van der Waals surface area contributed by atoms with Gasteiger partial charge in [0.1, 0.15) is 0 Å². The first kappa shape index (κ1) is 4.58. The van der Waals surface area contributed by atoms with Crippen LogP contribution >= 0.6 is 8.02 Å². The Balaban J connectivity index is 3.85. The summed E-state index contributed by atoms with van der Waals surface area (Å²) < 4.78 is 0. The van der Waals surface area contributed by atoms with Crippen LogP contribution in [0.5, 0.6) is 0 Å². The van der Waals surface area contributed by atoms with Crippen LogP contribution in [0.2, 0.25) is 0 Å². The molecule has 0 unspecified atom stereocenters. The molecular weight excluding hydrogens is 85.9 g/mol. The Morgan fingerprint density at radius 1 is 2.00 bits per heavy atom. The second-order valence-corrected chi connectivity index (χ2v) is 3.60. The topological polar surface area (TPSA) is 0 Å². The summed E-state index contributed by atoms with van der Waals surface area (Å²) >= 11 is 0. The van der Waals surface area contributed by atoms with Crippen LogP contribution in [0, 0.1) is 0 Å². The first-order chi connectivity index (χ1) is 1.73. The average molecular weight is 89.9 g/mol. The van der Waals surface area contributed by atoms with E-state index in [4.69, 9.17) is 6.53 Å². The average Bonchev–Trinajstić information content (AvgIpc) is 0.811. The van der Waals surface area contributed by atoms with E-state index >= 15 is 0 Å². The quantitative estimate of drug-likeness (QED) is 0.298. The molecule has 0 N–H and O–H groups in total. The molecule has 0 bridgehead atoms. The van der Waals surface area contributed by atoms with Crippen LogP contribution in [-0.4, -0.2) is 12.8 Å². The molecule has 0 aromatic carbocycles. The third kappa shape index (κ3) is 19.0. The van der Waals surface area contributed by atoms with Crippen molar-refractivity contribution in [2.75, 3.05) is 6.26 Å². The van der Waals surface area contributed by atoms with E-state index in [1.165, 1.54) is 0 Å². The Bertz CT molecular complexity index is 98.2. The molecule has 0 atom stereocenters. The zero-order chi connectivity index (χ0) is 3.58. The van der Waals surface area contributed by atoms with E-state index in [0.29, 0.717) is 0 Å². The van der Waals surface area contributed by atoms with Gasteiger partial charge in [0.25, 0.3) is 0 Å². The van der Waals surface area contributed by atoms with Crippen molar-refractivity contribution in [1.82, 2.24) is 0 Å². The molecule has 0 aliphatic rings. The zero-order valence-electron chi connectivity index (χ0n) is 2.49. The molecule has 0 aliphatic carbocycles. The Kier molecular flexibility index (Phi) is 2.14. The first-order valence-corrected chi connectivity index (χ1v) is 3.77. The molecular formula is CH4BPS. The van der Waals surface area contributed by atoms with Crippen LogP contribution in [-0.2, 0) is 9.31 Å². The van der Waals surface area contributed by atoms with Crippen molar-refractivity contribution < 1.29 is 0 Å². The Labute approximate surface area is 30.9 Å². The Morgan fingerprint density at radius 3 is 2.00 bits per heavy atom. The summed E-state index contributed by atoms with van der Waals surface area (Å²) in [6.07, 6.45) is 1.89. The molecule has 0 amide bonds. The van der Waals surface area contributed by atoms with Gasteiger partial charge in [-0.25, -0.2) is 0 Å². The van der Waals surface area contributed by atoms with E-state index in [1.54, 1.807) is 0 Å². The van der Waals surface area contributed by atoms with E-state index in [0.717, 1.165) is 0 Å². The fourth-order valence-electron chi connectivity index (χ4n) is 0. The predicted octanol–water partition coefficient (Wildman–Crippen LogP) is 0.376. The summed E-state index contributed by atoms with van der Waals surface area (Å²) in [7, 11) is 3.06. The normalized spacial score (nSPS) is 6.75. The summed E-state index contributed by atoms with van der Waals surface area (Å²) in [4.78, 5) is 0. The number of hydrogen-bond acceptors (Lipinski definition) is 0. The van der Waals surface area contributed by atoms with E-state index < -0.39 is 0 Å². The molecule has 0 saturated carbocycles. The molecule has 0 aromatic heterocycles.